The summed E-state index contributed by atoms with van der Waals surface area (Å²) in [5, 5.41) is 2.56. The average molecular weight is 243 g/mol. The number of benzene rings is 1. The lowest BCUT2D eigenvalue weighted by Gasteiger charge is -2.06. The largest absolute Gasteiger partial charge is 0.380 e. The zero-order valence-electron chi connectivity index (χ0n) is 9.00. The van der Waals surface area contributed by atoms with E-state index in [1.165, 1.54) is 18.2 Å². The Bertz CT molecular complexity index is 371. The van der Waals surface area contributed by atoms with Gasteiger partial charge in [-0.15, -0.1) is 12.6 Å². The lowest BCUT2D eigenvalue weighted by molar-refractivity contribution is 0.0918. The van der Waals surface area contributed by atoms with Crippen molar-refractivity contribution in [1.29, 1.82) is 0 Å². The summed E-state index contributed by atoms with van der Waals surface area (Å²) in [6.45, 7) is 3.25. The molecule has 0 atom stereocenters. The minimum Gasteiger partial charge on any atom is -0.380 e. The Kier molecular flexibility index (Phi) is 5.28. The van der Waals surface area contributed by atoms with Crippen LogP contribution in [0.1, 0.15) is 17.3 Å². The Morgan fingerprint density at radius 2 is 2.31 bits per heavy atom. The number of carbonyl (C=O) groups excluding carboxylic acids is 1. The van der Waals surface area contributed by atoms with Crippen LogP contribution in [0.25, 0.3) is 0 Å². The molecule has 88 valence electrons. The molecule has 1 aromatic carbocycles. The Labute approximate surface area is 99.4 Å². The van der Waals surface area contributed by atoms with Crippen molar-refractivity contribution in [2.45, 2.75) is 11.8 Å². The van der Waals surface area contributed by atoms with Gasteiger partial charge in [0.1, 0.15) is 5.82 Å². The van der Waals surface area contributed by atoms with E-state index in [4.69, 9.17) is 4.74 Å². The Morgan fingerprint density at radius 1 is 1.56 bits per heavy atom. The fraction of sp³-hybridized carbons (Fsp3) is 0.364. The van der Waals surface area contributed by atoms with Crippen molar-refractivity contribution < 1.29 is 13.9 Å². The van der Waals surface area contributed by atoms with Crippen molar-refractivity contribution in [3.05, 3.63) is 29.6 Å². The number of hydrogen-bond donors (Lipinski definition) is 2. The highest BCUT2D eigenvalue weighted by Gasteiger charge is 2.10. The molecule has 0 spiro atoms. The van der Waals surface area contributed by atoms with Gasteiger partial charge < -0.3 is 10.1 Å². The molecule has 0 aliphatic carbocycles. The third-order valence-corrected chi connectivity index (χ3v) is 2.21. The minimum absolute atomic E-state index is 0.00370. The average Bonchev–Trinajstić information content (AvgIpc) is 2.27. The van der Waals surface area contributed by atoms with Crippen LogP contribution in [-0.2, 0) is 4.74 Å². The molecule has 0 radical (unpaired) electrons. The topological polar surface area (TPSA) is 38.3 Å². The fourth-order valence-electron chi connectivity index (χ4n) is 1.16. The SMILES string of the molecule is CCOCCNC(=O)c1cc(S)ccc1F. The van der Waals surface area contributed by atoms with E-state index in [1.807, 2.05) is 6.92 Å². The van der Waals surface area contributed by atoms with Crippen LogP contribution in [0.3, 0.4) is 0 Å². The molecule has 0 aliphatic rings. The first kappa shape index (κ1) is 13.0. The number of rotatable bonds is 5. The molecule has 1 rings (SSSR count). The van der Waals surface area contributed by atoms with Gasteiger partial charge in [0.2, 0.25) is 0 Å². The summed E-state index contributed by atoms with van der Waals surface area (Å²) in [6.07, 6.45) is 0. The van der Waals surface area contributed by atoms with Crippen molar-refractivity contribution in [3.8, 4) is 0 Å². The van der Waals surface area contributed by atoms with E-state index < -0.39 is 11.7 Å². The summed E-state index contributed by atoms with van der Waals surface area (Å²) in [7, 11) is 0. The molecule has 0 saturated carbocycles. The van der Waals surface area contributed by atoms with Gasteiger partial charge in [-0.25, -0.2) is 4.39 Å². The zero-order chi connectivity index (χ0) is 12.0. The lowest BCUT2D eigenvalue weighted by Crippen LogP contribution is -2.28. The monoisotopic (exact) mass is 243 g/mol. The van der Waals surface area contributed by atoms with E-state index in [0.29, 0.717) is 24.7 Å². The molecule has 1 aromatic rings. The highest BCUT2D eigenvalue weighted by molar-refractivity contribution is 7.80. The van der Waals surface area contributed by atoms with Crippen molar-refractivity contribution in [3.63, 3.8) is 0 Å². The third-order valence-electron chi connectivity index (χ3n) is 1.93. The van der Waals surface area contributed by atoms with Crippen molar-refractivity contribution in [2.24, 2.45) is 0 Å². The number of thiol groups is 1. The molecule has 0 saturated heterocycles. The van der Waals surface area contributed by atoms with E-state index in [1.54, 1.807) is 0 Å². The molecule has 0 unspecified atom stereocenters. The maximum Gasteiger partial charge on any atom is 0.254 e. The van der Waals surface area contributed by atoms with Crippen LogP contribution in [0.2, 0.25) is 0 Å². The van der Waals surface area contributed by atoms with Gasteiger partial charge in [0.25, 0.3) is 5.91 Å². The van der Waals surface area contributed by atoms with E-state index in [9.17, 15) is 9.18 Å². The van der Waals surface area contributed by atoms with Crippen LogP contribution in [0.15, 0.2) is 23.1 Å². The summed E-state index contributed by atoms with van der Waals surface area (Å²) in [4.78, 5) is 12.1. The minimum atomic E-state index is -0.549. The molecule has 0 aliphatic heterocycles. The number of amides is 1. The van der Waals surface area contributed by atoms with Gasteiger partial charge in [0.15, 0.2) is 0 Å². The number of hydrogen-bond acceptors (Lipinski definition) is 3. The van der Waals surface area contributed by atoms with Gasteiger partial charge in [0, 0.05) is 18.0 Å². The maximum absolute atomic E-state index is 13.3. The quantitative estimate of drug-likeness (QED) is 0.612. The molecule has 0 fully saturated rings. The molecule has 1 N–H and O–H groups in total. The van der Waals surface area contributed by atoms with Crippen LogP contribution >= 0.6 is 12.6 Å². The Morgan fingerprint density at radius 3 is 3.00 bits per heavy atom. The predicted molar refractivity (Wildman–Crippen MR) is 62.5 cm³/mol. The van der Waals surface area contributed by atoms with Gasteiger partial charge >= 0.3 is 0 Å². The van der Waals surface area contributed by atoms with Crippen LogP contribution in [-0.4, -0.2) is 25.7 Å². The Hall–Kier alpha value is -1.07. The highest BCUT2D eigenvalue weighted by Crippen LogP contribution is 2.13. The second kappa shape index (κ2) is 6.50. The molecular weight excluding hydrogens is 229 g/mol. The zero-order valence-corrected chi connectivity index (χ0v) is 9.89. The molecule has 0 bridgehead atoms. The molecule has 5 heteroatoms. The normalized spacial score (nSPS) is 10.2. The lowest BCUT2D eigenvalue weighted by atomic mass is 10.2. The van der Waals surface area contributed by atoms with Crippen LogP contribution in [0.4, 0.5) is 4.39 Å². The van der Waals surface area contributed by atoms with E-state index in [2.05, 4.69) is 17.9 Å². The van der Waals surface area contributed by atoms with E-state index >= 15 is 0 Å². The second-order valence-electron chi connectivity index (χ2n) is 3.12. The second-order valence-corrected chi connectivity index (χ2v) is 3.63. The van der Waals surface area contributed by atoms with Crippen LogP contribution in [0.5, 0.6) is 0 Å². The van der Waals surface area contributed by atoms with Crippen molar-refractivity contribution >= 4 is 18.5 Å². The van der Waals surface area contributed by atoms with Gasteiger partial charge in [-0.1, -0.05) is 0 Å². The van der Waals surface area contributed by atoms with Crippen molar-refractivity contribution in [1.82, 2.24) is 5.32 Å². The predicted octanol–water partition coefficient (Wildman–Crippen LogP) is 1.88. The fourth-order valence-corrected chi connectivity index (χ4v) is 1.37. The maximum atomic E-state index is 13.3. The molecule has 1 amide bonds. The molecule has 0 aromatic heterocycles. The van der Waals surface area contributed by atoms with E-state index in [0.717, 1.165) is 0 Å². The van der Waals surface area contributed by atoms with Gasteiger partial charge in [-0.2, -0.15) is 0 Å². The molecule has 3 nitrogen and oxygen atoms in total. The first-order valence-electron chi connectivity index (χ1n) is 4.99. The number of nitrogens with one attached hydrogen (secondary N) is 1. The number of carbonyl (C=O) groups is 1. The molecule has 16 heavy (non-hydrogen) atoms. The summed E-state index contributed by atoms with van der Waals surface area (Å²) in [5.74, 6) is -1.00. The first-order valence-corrected chi connectivity index (χ1v) is 5.44. The molecular formula is C11H14FNO2S. The van der Waals surface area contributed by atoms with E-state index in [-0.39, 0.29) is 5.56 Å². The standard InChI is InChI=1S/C11H14FNO2S/c1-2-15-6-5-13-11(14)9-7-8(16)3-4-10(9)12/h3-4,7,16H,2,5-6H2,1H3,(H,13,14). The van der Waals surface area contributed by atoms with Crippen molar-refractivity contribution in [2.75, 3.05) is 19.8 Å². The highest BCUT2D eigenvalue weighted by atomic mass is 32.1. The summed E-state index contributed by atoms with van der Waals surface area (Å²) < 4.78 is 18.3. The number of ether oxygens (including phenoxy) is 1. The third kappa shape index (κ3) is 3.83. The summed E-state index contributed by atoms with van der Waals surface area (Å²) >= 11 is 4.05. The Balaban J connectivity index is 2.55. The first-order chi connectivity index (χ1) is 7.65. The molecule has 0 heterocycles. The van der Waals surface area contributed by atoms with Crippen LogP contribution in [0, 0.1) is 5.82 Å². The van der Waals surface area contributed by atoms with Crippen LogP contribution < -0.4 is 5.32 Å². The van der Waals surface area contributed by atoms with Gasteiger partial charge in [-0.3, -0.25) is 4.79 Å². The summed E-state index contributed by atoms with van der Waals surface area (Å²) in [6, 6.07) is 4.11. The summed E-state index contributed by atoms with van der Waals surface area (Å²) in [5.41, 5.74) is 0.00370. The number of halogens is 1. The van der Waals surface area contributed by atoms with Gasteiger partial charge in [0.05, 0.1) is 12.2 Å². The van der Waals surface area contributed by atoms with Gasteiger partial charge in [-0.05, 0) is 25.1 Å². The smallest absolute Gasteiger partial charge is 0.254 e.